The number of imidazole rings is 1. The van der Waals surface area contributed by atoms with Crippen LogP contribution in [0, 0.1) is 0 Å². The summed E-state index contributed by atoms with van der Waals surface area (Å²) in [6.45, 7) is 0.660. The van der Waals surface area contributed by atoms with Crippen LogP contribution in [-0.2, 0) is 11.4 Å². The van der Waals surface area contributed by atoms with Crippen LogP contribution in [0.5, 0.6) is 0 Å². The Morgan fingerprint density at radius 1 is 1.40 bits per heavy atom. The van der Waals surface area contributed by atoms with E-state index >= 15 is 0 Å². The molecule has 0 aliphatic heterocycles. The van der Waals surface area contributed by atoms with Crippen molar-refractivity contribution in [2.24, 2.45) is 0 Å². The summed E-state index contributed by atoms with van der Waals surface area (Å²) in [5, 5.41) is 0. The molecule has 4 nitrogen and oxygen atoms in total. The number of aromatic amines is 1. The monoisotopic (exact) mass is 203 g/mol. The number of H-pyrrole nitrogens is 1. The second-order valence-corrected chi connectivity index (χ2v) is 3.12. The van der Waals surface area contributed by atoms with Crippen LogP contribution in [0.25, 0.3) is 11.4 Å². The second kappa shape index (κ2) is 4.72. The highest BCUT2D eigenvalue weighted by Crippen LogP contribution is 2.19. The number of nitrogens with one attached hydrogen (secondary N) is 2. The summed E-state index contributed by atoms with van der Waals surface area (Å²) in [4.78, 5) is 12.2. The smallest absolute Gasteiger partial charge is 0.137 e. The lowest BCUT2D eigenvalue weighted by Gasteiger charge is -2.07. The fraction of sp³-hybridized carbons (Fsp3) is 0.182. The SMILES string of the molecule is CONCc1ccccc1-c1ncc[nH]1. The van der Waals surface area contributed by atoms with Crippen molar-refractivity contribution in [3.8, 4) is 11.4 Å². The van der Waals surface area contributed by atoms with E-state index in [2.05, 4.69) is 15.4 Å². The maximum atomic E-state index is 4.84. The van der Waals surface area contributed by atoms with Gasteiger partial charge in [-0.3, -0.25) is 0 Å². The Balaban J connectivity index is 2.30. The highest BCUT2D eigenvalue weighted by Gasteiger charge is 2.05. The number of benzene rings is 1. The van der Waals surface area contributed by atoms with E-state index in [0.29, 0.717) is 6.54 Å². The van der Waals surface area contributed by atoms with Gasteiger partial charge in [0, 0.05) is 24.5 Å². The van der Waals surface area contributed by atoms with Gasteiger partial charge in [-0.05, 0) is 5.56 Å². The van der Waals surface area contributed by atoms with Crippen molar-refractivity contribution in [2.45, 2.75) is 6.54 Å². The first-order valence-electron chi connectivity index (χ1n) is 4.75. The van der Waals surface area contributed by atoms with Gasteiger partial charge in [0.05, 0.1) is 7.11 Å². The van der Waals surface area contributed by atoms with Crippen molar-refractivity contribution >= 4 is 0 Å². The van der Waals surface area contributed by atoms with Crippen LogP contribution in [0.4, 0.5) is 0 Å². The maximum absolute atomic E-state index is 4.84. The zero-order valence-corrected chi connectivity index (χ0v) is 8.53. The molecule has 1 heterocycles. The van der Waals surface area contributed by atoms with E-state index in [1.54, 1.807) is 13.3 Å². The molecule has 0 spiro atoms. The number of nitrogens with zero attached hydrogens (tertiary/aromatic N) is 1. The summed E-state index contributed by atoms with van der Waals surface area (Å²) >= 11 is 0. The fourth-order valence-electron chi connectivity index (χ4n) is 1.47. The molecule has 0 fully saturated rings. The van der Waals surface area contributed by atoms with Crippen LogP contribution in [0.3, 0.4) is 0 Å². The van der Waals surface area contributed by atoms with Crippen LogP contribution in [0.1, 0.15) is 5.56 Å². The van der Waals surface area contributed by atoms with Crippen molar-refractivity contribution in [2.75, 3.05) is 7.11 Å². The third kappa shape index (κ3) is 2.23. The molecule has 78 valence electrons. The van der Waals surface area contributed by atoms with Crippen molar-refractivity contribution in [3.63, 3.8) is 0 Å². The molecule has 0 radical (unpaired) electrons. The van der Waals surface area contributed by atoms with Crippen molar-refractivity contribution in [1.82, 2.24) is 15.4 Å². The van der Waals surface area contributed by atoms with Crippen LogP contribution in [0.2, 0.25) is 0 Å². The molecule has 0 aliphatic carbocycles. The van der Waals surface area contributed by atoms with Crippen LogP contribution >= 0.6 is 0 Å². The molecule has 2 N–H and O–H groups in total. The summed E-state index contributed by atoms with van der Waals surface area (Å²) in [6, 6.07) is 8.07. The van der Waals surface area contributed by atoms with Gasteiger partial charge in [-0.25, -0.2) is 4.98 Å². The third-order valence-electron chi connectivity index (χ3n) is 2.18. The van der Waals surface area contributed by atoms with E-state index in [1.165, 1.54) is 0 Å². The summed E-state index contributed by atoms with van der Waals surface area (Å²) < 4.78 is 0. The molecule has 2 aromatic rings. The van der Waals surface area contributed by atoms with Crippen molar-refractivity contribution < 1.29 is 4.84 Å². The maximum Gasteiger partial charge on any atom is 0.137 e. The quantitative estimate of drug-likeness (QED) is 0.744. The Labute approximate surface area is 88.3 Å². The largest absolute Gasteiger partial charge is 0.345 e. The lowest BCUT2D eigenvalue weighted by atomic mass is 10.1. The molecule has 4 heteroatoms. The van der Waals surface area contributed by atoms with Gasteiger partial charge in [-0.2, -0.15) is 5.48 Å². The van der Waals surface area contributed by atoms with E-state index in [9.17, 15) is 0 Å². The van der Waals surface area contributed by atoms with Crippen molar-refractivity contribution in [3.05, 3.63) is 42.2 Å². The third-order valence-corrected chi connectivity index (χ3v) is 2.18. The van der Waals surface area contributed by atoms with E-state index in [4.69, 9.17) is 4.84 Å². The fourth-order valence-corrected chi connectivity index (χ4v) is 1.47. The van der Waals surface area contributed by atoms with E-state index < -0.39 is 0 Å². The molecule has 1 aromatic heterocycles. The Morgan fingerprint density at radius 2 is 2.27 bits per heavy atom. The minimum Gasteiger partial charge on any atom is -0.345 e. The van der Waals surface area contributed by atoms with E-state index in [1.807, 2.05) is 30.5 Å². The van der Waals surface area contributed by atoms with Crippen LogP contribution in [-0.4, -0.2) is 17.1 Å². The highest BCUT2D eigenvalue weighted by molar-refractivity contribution is 5.59. The standard InChI is InChI=1S/C11H13N3O/c1-15-14-8-9-4-2-3-5-10(9)11-12-6-7-13-11/h2-7,14H,8H2,1H3,(H,12,13). The zero-order valence-electron chi connectivity index (χ0n) is 8.53. The molecule has 0 saturated carbocycles. The summed E-state index contributed by atoms with van der Waals surface area (Å²) in [6.07, 6.45) is 3.56. The van der Waals surface area contributed by atoms with E-state index in [0.717, 1.165) is 17.0 Å². The first-order chi connectivity index (χ1) is 7.42. The lowest BCUT2D eigenvalue weighted by Crippen LogP contribution is -2.11. The van der Waals surface area contributed by atoms with Gasteiger partial charge in [0.25, 0.3) is 0 Å². The minimum absolute atomic E-state index is 0.660. The molecule has 0 saturated heterocycles. The Bertz CT molecular complexity index is 412. The van der Waals surface area contributed by atoms with Gasteiger partial charge in [0.1, 0.15) is 5.82 Å². The number of hydroxylamine groups is 1. The van der Waals surface area contributed by atoms with Crippen LogP contribution in [0.15, 0.2) is 36.7 Å². The molecular weight excluding hydrogens is 190 g/mol. The number of hydrogen-bond donors (Lipinski definition) is 2. The lowest BCUT2D eigenvalue weighted by molar-refractivity contribution is 0.0868. The molecular formula is C11H13N3O. The molecule has 0 aliphatic rings. The Hall–Kier alpha value is -1.65. The average Bonchev–Trinajstić information content (AvgIpc) is 2.80. The number of aromatic nitrogens is 2. The second-order valence-electron chi connectivity index (χ2n) is 3.12. The van der Waals surface area contributed by atoms with Gasteiger partial charge >= 0.3 is 0 Å². The molecule has 1 aromatic carbocycles. The number of rotatable bonds is 4. The molecule has 0 amide bonds. The molecule has 0 unspecified atom stereocenters. The molecule has 0 bridgehead atoms. The minimum atomic E-state index is 0.660. The van der Waals surface area contributed by atoms with Gasteiger partial charge in [0.2, 0.25) is 0 Å². The average molecular weight is 203 g/mol. The van der Waals surface area contributed by atoms with Crippen LogP contribution < -0.4 is 5.48 Å². The molecule has 15 heavy (non-hydrogen) atoms. The first kappa shape index (κ1) is 9.89. The molecule has 2 rings (SSSR count). The predicted molar refractivity (Wildman–Crippen MR) is 57.9 cm³/mol. The molecule has 0 atom stereocenters. The van der Waals surface area contributed by atoms with Gasteiger partial charge in [0.15, 0.2) is 0 Å². The summed E-state index contributed by atoms with van der Waals surface area (Å²) in [7, 11) is 1.61. The predicted octanol–water partition coefficient (Wildman–Crippen LogP) is 1.73. The summed E-state index contributed by atoms with van der Waals surface area (Å²) in [5.41, 5.74) is 5.06. The normalized spacial score (nSPS) is 10.5. The van der Waals surface area contributed by atoms with Gasteiger partial charge in [-0.1, -0.05) is 24.3 Å². The Morgan fingerprint density at radius 3 is 3.00 bits per heavy atom. The van der Waals surface area contributed by atoms with Gasteiger partial charge in [-0.15, -0.1) is 0 Å². The van der Waals surface area contributed by atoms with Gasteiger partial charge < -0.3 is 9.82 Å². The first-order valence-corrected chi connectivity index (χ1v) is 4.75. The van der Waals surface area contributed by atoms with Crippen molar-refractivity contribution in [1.29, 1.82) is 0 Å². The summed E-state index contributed by atoms with van der Waals surface area (Å²) in [5.74, 6) is 0.878. The number of hydrogen-bond acceptors (Lipinski definition) is 3. The Kier molecular flexibility index (Phi) is 3.11. The zero-order chi connectivity index (χ0) is 10.5. The van der Waals surface area contributed by atoms with E-state index in [-0.39, 0.29) is 0 Å². The highest BCUT2D eigenvalue weighted by atomic mass is 16.6. The topological polar surface area (TPSA) is 49.9 Å².